The van der Waals surface area contributed by atoms with Crippen LogP contribution in [-0.2, 0) is 10.1 Å². The summed E-state index contributed by atoms with van der Waals surface area (Å²) in [7, 11) is -4.10. The maximum Gasteiger partial charge on any atom is 0.295 e. The molecule has 1 aromatic rings. The molecule has 5 heteroatoms. The van der Waals surface area contributed by atoms with E-state index in [1.54, 1.807) is 19.9 Å². The molecule has 0 unspecified atom stereocenters. The average Bonchev–Trinajstić information content (AvgIpc) is 1.97. The van der Waals surface area contributed by atoms with E-state index in [0.717, 1.165) is 11.1 Å². The summed E-state index contributed by atoms with van der Waals surface area (Å²) in [4.78, 5) is 0.0422. The van der Waals surface area contributed by atoms with Crippen molar-refractivity contribution in [2.75, 3.05) is 0 Å². The fourth-order valence-electron chi connectivity index (χ4n) is 1.66. The predicted molar refractivity (Wildman–Crippen MR) is 60.2 cm³/mol. The Morgan fingerprint density at radius 2 is 1.47 bits per heavy atom. The molecular weight excluding hydrogens is 214 g/mol. The third-order valence-corrected chi connectivity index (χ3v) is 3.69. The van der Waals surface area contributed by atoms with E-state index in [1.165, 1.54) is 0 Å². The van der Waals surface area contributed by atoms with Crippen molar-refractivity contribution in [2.45, 2.75) is 32.6 Å². The quantitative estimate of drug-likeness (QED) is 0.726. The van der Waals surface area contributed by atoms with Crippen LogP contribution in [-0.4, -0.2) is 13.0 Å². The van der Waals surface area contributed by atoms with Crippen molar-refractivity contribution in [1.82, 2.24) is 6.15 Å². The fourth-order valence-corrected chi connectivity index (χ4v) is 2.66. The van der Waals surface area contributed by atoms with Gasteiger partial charge in [0.15, 0.2) is 0 Å². The van der Waals surface area contributed by atoms with Crippen molar-refractivity contribution in [3.8, 4) is 0 Å². The first-order chi connectivity index (χ1) is 6.25. The van der Waals surface area contributed by atoms with Crippen LogP contribution in [0.1, 0.15) is 22.3 Å². The number of hydrogen-bond acceptors (Lipinski definition) is 3. The van der Waals surface area contributed by atoms with Gasteiger partial charge in [0.25, 0.3) is 10.1 Å². The normalized spacial score (nSPS) is 11.0. The second-order valence-corrected chi connectivity index (χ2v) is 4.92. The Morgan fingerprint density at radius 1 is 1.00 bits per heavy atom. The van der Waals surface area contributed by atoms with Gasteiger partial charge in [0, 0.05) is 0 Å². The average molecular weight is 231 g/mol. The molecule has 0 heterocycles. The Hall–Kier alpha value is -0.910. The van der Waals surface area contributed by atoms with Crippen molar-refractivity contribution in [2.24, 2.45) is 0 Å². The SMILES string of the molecule is Cc1cc(C)c(S(=O)(=O)O)c(C)c1C.N. The van der Waals surface area contributed by atoms with Crippen molar-refractivity contribution in [3.05, 3.63) is 28.3 Å². The molecular formula is C10H17NO3S. The van der Waals surface area contributed by atoms with Gasteiger partial charge in [-0.15, -0.1) is 0 Å². The van der Waals surface area contributed by atoms with Gasteiger partial charge in [0.1, 0.15) is 0 Å². The summed E-state index contributed by atoms with van der Waals surface area (Å²) in [6.45, 7) is 7.16. The highest BCUT2D eigenvalue weighted by Gasteiger charge is 2.18. The highest BCUT2D eigenvalue weighted by atomic mass is 32.2. The zero-order chi connectivity index (χ0) is 11.1. The molecule has 1 aromatic carbocycles. The lowest BCUT2D eigenvalue weighted by molar-refractivity contribution is 0.482. The summed E-state index contributed by atoms with van der Waals surface area (Å²) in [5.41, 5.74) is 3.16. The van der Waals surface area contributed by atoms with Gasteiger partial charge < -0.3 is 6.15 Å². The molecule has 86 valence electrons. The molecule has 0 saturated carbocycles. The second-order valence-electron chi connectivity index (χ2n) is 3.56. The zero-order valence-corrected chi connectivity index (χ0v) is 10.3. The Balaban J connectivity index is 0.00000196. The van der Waals surface area contributed by atoms with Gasteiger partial charge in [-0.1, -0.05) is 6.07 Å². The van der Waals surface area contributed by atoms with Gasteiger partial charge in [0.2, 0.25) is 0 Å². The second kappa shape index (κ2) is 4.30. The van der Waals surface area contributed by atoms with Gasteiger partial charge in [0.05, 0.1) is 4.90 Å². The monoisotopic (exact) mass is 231 g/mol. The summed E-state index contributed by atoms with van der Waals surface area (Å²) in [5.74, 6) is 0. The molecule has 0 amide bonds. The van der Waals surface area contributed by atoms with Crippen LogP contribution >= 0.6 is 0 Å². The molecule has 0 bridgehead atoms. The summed E-state index contributed by atoms with van der Waals surface area (Å²) in [5, 5.41) is 0. The van der Waals surface area contributed by atoms with Gasteiger partial charge >= 0.3 is 0 Å². The van der Waals surface area contributed by atoms with E-state index < -0.39 is 10.1 Å². The first kappa shape index (κ1) is 14.1. The Bertz CT molecular complexity index is 478. The van der Waals surface area contributed by atoms with Crippen LogP contribution in [0.25, 0.3) is 0 Å². The van der Waals surface area contributed by atoms with Crippen molar-refractivity contribution >= 4 is 10.1 Å². The van der Waals surface area contributed by atoms with Crippen LogP contribution in [0.5, 0.6) is 0 Å². The van der Waals surface area contributed by atoms with Crippen LogP contribution in [0, 0.1) is 27.7 Å². The van der Waals surface area contributed by atoms with Gasteiger partial charge in [-0.05, 0) is 49.9 Å². The van der Waals surface area contributed by atoms with E-state index in [0.29, 0.717) is 11.1 Å². The Labute approximate surface area is 90.7 Å². The third-order valence-electron chi connectivity index (χ3n) is 2.54. The summed E-state index contributed by atoms with van der Waals surface area (Å²) in [6.07, 6.45) is 0. The summed E-state index contributed by atoms with van der Waals surface area (Å²) >= 11 is 0. The van der Waals surface area contributed by atoms with Gasteiger partial charge in [-0.25, -0.2) is 0 Å². The molecule has 0 aliphatic heterocycles. The molecule has 1 rings (SSSR count). The minimum Gasteiger partial charge on any atom is -0.344 e. The van der Waals surface area contributed by atoms with E-state index in [1.807, 2.05) is 13.8 Å². The maximum atomic E-state index is 11.1. The maximum absolute atomic E-state index is 11.1. The topological polar surface area (TPSA) is 89.4 Å². The van der Waals surface area contributed by atoms with E-state index >= 15 is 0 Å². The van der Waals surface area contributed by atoms with Crippen LogP contribution in [0.2, 0.25) is 0 Å². The zero-order valence-electron chi connectivity index (χ0n) is 9.46. The third kappa shape index (κ3) is 2.56. The lowest BCUT2D eigenvalue weighted by atomic mass is 10.0. The Morgan fingerprint density at radius 3 is 1.87 bits per heavy atom. The molecule has 0 radical (unpaired) electrons. The first-order valence-electron chi connectivity index (χ1n) is 4.30. The number of rotatable bonds is 1. The smallest absolute Gasteiger partial charge is 0.295 e. The fraction of sp³-hybridized carbons (Fsp3) is 0.400. The summed E-state index contributed by atoms with van der Waals surface area (Å²) < 4.78 is 31.2. The van der Waals surface area contributed by atoms with Crippen LogP contribution < -0.4 is 6.15 Å². The van der Waals surface area contributed by atoms with Gasteiger partial charge in [-0.2, -0.15) is 8.42 Å². The number of hydrogen-bond donors (Lipinski definition) is 2. The van der Waals surface area contributed by atoms with Crippen molar-refractivity contribution < 1.29 is 13.0 Å². The lowest BCUT2D eigenvalue weighted by Crippen LogP contribution is -2.06. The van der Waals surface area contributed by atoms with E-state index in [-0.39, 0.29) is 11.0 Å². The number of benzene rings is 1. The van der Waals surface area contributed by atoms with E-state index in [9.17, 15) is 8.42 Å². The van der Waals surface area contributed by atoms with Crippen LogP contribution in [0.15, 0.2) is 11.0 Å². The molecule has 0 aliphatic rings. The molecule has 0 fully saturated rings. The van der Waals surface area contributed by atoms with Crippen LogP contribution in [0.4, 0.5) is 0 Å². The minimum absolute atomic E-state index is 0. The molecule has 0 saturated heterocycles. The molecule has 0 aromatic heterocycles. The number of aryl methyl sites for hydroxylation is 2. The molecule has 0 aliphatic carbocycles. The minimum atomic E-state index is -4.10. The van der Waals surface area contributed by atoms with E-state index in [2.05, 4.69) is 0 Å². The molecule has 4 nitrogen and oxygen atoms in total. The van der Waals surface area contributed by atoms with Crippen molar-refractivity contribution in [1.29, 1.82) is 0 Å². The molecule has 15 heavy (non-hydrogen) atoms. The highest BCUT2D eigenvalue weighted by Crippen LogP contribution is 2.25. The summed E-state index contributed by atoms with van der Waals surface area (Å²) in [6, 6.07) is 1.77. The van der Waals surface area contributed by atoms with Crippen LogP contribution in [0.3, 0.4) is 0 Å². The molecule has 0 atom stereocenters. The lowest BCUT2D eigenvalue weighted by Gasteiger charge is -2.12. The molecule has 4 N–H and O–H groups in total. The Kier molecular flexibility index (Phi) is 4.04. The van der Waals surface area contributed by atoms with Crippen molar-refractivity contribution in [3.63, 3.8) is 0 Å². The molecule has 0 spiro atoms. The largest absolute Gasteiger partial charge is 0.344 e. The standard InChI is InChI=1S/C10H14O3S.H3N/c1-6-5-7(2)10(14(11,12)13)9(4)8(6)3;/h5H,1-4H3,(H,11,12,13);1H3. The predicted octanol–water partition coefficient (Wildman–Crippen LogP) is 2.33. The first-order valence-corrected chi connectivity index (χ1v) is 5.74. The van der Waals surface area contributed by atoms with Gasteiger partial charge in [-0.3, -0.25) is 4.55 Å². The highest BCUT2D eigenvalue weighted by molar-refractivity contribution is 7.86. The van der Waals surface area contributed by atoms with E-state index in [4.69, 9.17) is 4.55 Å².